The van der Waals surface area contributed by atoms with Crippen molar-refractivity contribution in [3.63, 3.8) is 0 Å². The van der Waals surface area contributed by atoms with E-state index in [1.165, 1.54) is 0 Å². The van der Waals surface area contributed by atoms with E-state index >= 15 is 0 Å². The highest BCUT2D eigenvalue weighted by Gasteiger charge is 1.69. The summed E-state index contributed by atoms with van der Waals surface area (Å²) in [7, 11) is 0. The summed E-state index contributed by atoms with van der Waals surface area (Å²) in [5, 5.41) is 8.35. The smallest absolute Gasteiger partial charge is 0.104 e. The monoisotopic (exact) mass is 198 g/mol. The fourth-order valence-electron chi connectivity index (χ4n) is 0.688. The summed E-state index contributed by atoms with van der Waals surface area (Å²) < 4.78 is 0. The molecule has 1 N–H and O–H groups in total. The predicted octanol–water partition coefficient (Wildman–Crippen LogP) is 1.57. The Bertz CT molecular complexity index is 348. The van der Waals surface area contributed by atoms with Crippen LogP contribution in [0.15, 0.2) is 0 Å². The Balaban J connectivity index is 3.59. The summed E-state index contributed by atoms with van der Waals surface area (Å²) in [6, 6.07) is 0. The van der Waals surface area contributed by atoms with Crippen LogP contribution >= 0.6 is 0 Å². The molecule has 0 amide bonds. The molecule has 15 heavy (non-hydrogen) atoms. The lowest BCUT2D eigenvalue weighted by atomic mass is 10.3. The normalized spacial score (nSPS) is 6.53. The van der Waals surface area contributed by atoms with Gasteiger partial charge >= 0.3 is 0 Å². The van der Waals surface area contributed by atoms with E-state index in [1.807, 2.05) is 6.92 Å². The van der Waals surface area contributed by atoms with Crippen molar-refractivity contribution in [3.05, 3.63) is 0 Å². The average molecular weight is 198 g/mol. The minimum Gasteiger partial charge on any atom is -0.384 e. The first kappa shape index (κ1) is 13.2. The molecule has 0 atom stereocenters. The van der Waals surface area contributed by atoms with Crippen molar-refractivity contribution in [2.45, 2.75) is 32.6 Å². The van der Waals surface area contributed by atoms with Gasteiger partial charge in [0, 0.05) is 6.42 Å². The van der Waals surface area contributed by atoms with Crippen molar-refractivity contribution >= 4 is 0 Å². The number of hydrogen-bond acceptors (Lipinski definition) is 1. The fraction of sp³-hybridized carbons (Fsp3) is 0.429. The molecule has 0 saturated carbocycles. The molecule has 0 spiro atoms. The Kier molecular flexibility index (Phi) is 10.7. The summed E-state index contributed by atoms with van der Waals surface area (Å²) in [5.74, 6) is 22.7. The average Bonchev–Trinajstić information content (AvgIpc) is 2.26. The van der Waals surface area contributed by atoms with Gasteiger partial charge in [-0.15, -0.1) is 5.92 Å². The second-order valence-corrected chi connectivity index (χ2v) is 2.46. The van der Waals surface area contributed by atoms with Crippen molar-refractivity contribution in [1.29, 1.82) is 0 Å². The third kappa shape index (κ3) is 12.2. The molecule has 0 heterocycles. The van der Waals surface area contributed by atoms with E-state index < -0.39 is 0 Å². The Morgan fingerprint density at radius 1 is 0.667 bits per heavy atom. The molecule has 1 heteroatoms. The molecule has 0 saturated heterocycles. The molecular formula is C14H14O. The van der Waals surface area contributed by atoms with Gasteiger partial charge in [-0.25, -0.2) is 0 Å². The van der Waals surface area contributed by atoms with Crippen molar-refractivity contribution in [1.82, 2.24) is 0 Å². The van der Waals surface area contributed by atoms with Gasteiger partial charge in [0.1, 0.15) is 6.61 Å². The summed E-state index contributed by atoms with van der Waals surface area (Å²) in [4.78, 5) is 0. The van der Waals surface area contributed by atoms with Gasteiger partial charge in [-0.05, 0) is 0 Å². The van der Waals surface area contributed by atoms with E-state index in [-0.39, 0.29) is 6.61 Å². The standard InChI is InChI=1S/C14H14O/c1-2-3-4-5-6-7-8-9-10-11-12-13-14-15/h15H,2,5,8,11,14H2,1H3. The first-order valence-electron chi connectivity index (χ1n) is 4.85. The zero-order valence-corrected chi connectivity index (χ0v) is 8.98. The van der Waals surface area contributed by atoms with Crippen LogP contribution in [0.5, 0.6) is 0 Å². The van der Waals surface area contributed by atoms with Gasteiger partial charge in [-0.2, -0.15) is 0 Å². The van der Waals surface area contributed by atoms with Crippen LogP contribution in [0.3, 0.4) is 0 Å². The molecule has 0 radical (unpaired) electrons. The number of hydrogen-bond donors (Lipinski definition) is 1. The summed E-state index contributed by atoms with van der Waals surface area (Å²) in [6.45, 7) is 1.91. The molecule has 0 bridgehead atoms. The van der Waals surface area contributed by atoms with Crippen molar-refractivity contribution in [2.24, 2.45) is 0 Å². The molecule has 76 valence electrons. The molecule has 0 aliphatic heterocycles. The van der Waals surface area contributed by atoms with Crippen molar-refractivity contribution < 1.29 is 5.11 Å². The Morgan fingerprint density at radius 2 is 1.07 bits per heavy atom. The molecule has 0 aromatic carbocycles. The number of aliphatic hydroxyl groups excluding tert-OH is 1. The van der Waals surface area contributed by atoms with Crippen LogP contribution < -0.4 is 0 Å². The molecule has 0 aromatic heterocycles. The third-order valence-corrected chi connectivity index (χ3v) is 1.29. The molecule has 0 aliphatic rings. The molecule has 0 aromatic rings. The minimum absolute atomic E-state index is 0.0996. The molecular weight excluding hydrogens is 184 g/mol. The summed E-state index contributed by atoms with van der Waals surface area (Å²) in [6.07, 6.45) is 2.57. The lowest BCUT2D eigenvalue weighted by Crippen LogP contribution is -1.70. The Hall–Kier alpha value is -1.80. The molecule has 0 rings (SSSR count). The van der Waals surface area contributed by atoms with Gasteiger partial charge in [0.15, 0.2) is 0 Å². The van der Waals surface area contributed by atoms with Crippen LogP contribution in [0.2, 0.25) is 0 Å². The van der Waals surface area contributed by atoms with Gasteiger partial charge in [-0.3, -0.25) is 0 Å². The first-order valence-corrected chi connectivity index (χ1v) is 4.85. The minimum atomic E-state index is -0.0996. The van der Waals surface area contributed by atoms with E-state index in [0.29, 0.717) is 19.3 Å². The van der Waals surface area contributed by atoms with Gasteiger partial charge < -0.3 is 5.11 Å². The lowest BCUT2D eigenvalue weighted by molar-refractivity contribution is 0.350. The van der Waals surface area contributed by atoms with Gasteiger partial charge in [0.2, 0.25) is 0 Å². The quantitative estimate of drug-likeness (QED) is 0.586. The summed E-state index contributed by atoms with van der Waals surface area (Å²) >= 11 is 0. The van der Waals surface area contributed by atoms with E-state index in [0.717, 1.165) is 6.42 Å². The second kappa shape index (κ2) is 12.2. The molecule has 0 unspecified atom stereocenters. The van der Waals surface area contributed by atoms with Crippen LogP contribution in [0.1, 0.15) is 32.6 Å². The highest BCUT2D eigenvalue weighted by atomic mass is 16.2. The van der Waals surface area contributed by atoms with E-state index in [2.05, 4.69) is 47.4 Å². The van der Waals surface area contributed by atoms with Gasteiger partial charge in [-0.1, -0.05) is 48.4 Å². The maximum Gasteiger partial charge on any atom is 0.104 e. The van der Waals surface area contributed by atoms with Crippen LogP contribution in [-0.4, -0.2) is 11.7 Å². The highest BCUT2D eigenvalue weighted by molar-refractivity contribution is 5.18. The lowest BCUT2D eigenvalue weighted by Gasteiger charge is -1.73. The largest absolute Gasteiger partial charge is 0.384 e. The zero-order valence-electron chi connectivity index (χ0n) is 8.98. The second-order valence-electron chi connectivity index (χ2n) is 2.46. The zero-order chi connectivity index (χ0) is 11.2. The van der Waals surface area contributed by atoms with Gasteiger partial charge in [0.05, 0.1) is 19.3 Å². The third-order valence-electron chi connectivity index (χ3n) is 1.29. The van der Waals surface area contributed by atoms with E-state index in [4.69, 9.17) is 5.11 Å². The van der Waals surface area contributed by atoms with Crippen molar-refractivity contribution in [3.8, 4) is 47.4 Å². The van der Waals surface area contributed by atoms with E-state index in [1.54, 1.807) is 0 Å². The van der Waals surface area contributed by atoms with Crippen LogP contribution in [0.4, 0.5) is 0 Å². The van der Waals surface area contributed by atoms with Crippen molar-refractivity contribution in [2.75, 3.05) is 6.61 Å². The highest BCUT2D eigenvalue weighted by Crippen LogP contribution is 1.77. The summed E-state index contributed by atoms with van der Waals surface area (Å²) in [5.41, 5.74) is 0. The van der Waals surface area contributed by atoms with Gasteiger partial charge in [0.25, 0.3) is 0 Å². The molecule has 0 fully saturated rings. The Labute approximate surface area is 92.3 Å². The van der Waals surface area contributed by atoms with Crippen LogP contribution in [0.25, 0.3) is 0 Å². The Morgan fingerprint density at radius 3 is 1.47 bits per heavy atom. The molecule has 0 aliphatic carbocycles. The molecule has 1 nitrogen and oxygen atoms in total. The topological polar surface area (TPSA) is 20.2 Å². The number of aliphatic hydroxyl groups is 1. The van der Waals surface area contributed by atoms with E-state index in [9.17, 15) is 0 Å². The number of rotatable bonds is 0. The fourth-order valence-corrected chi connectivity index (χ4v) is 0.688. The van der Waals surface area contributed by atoms with Crippen LogP contribution in [-0.2, 0) is 0 Å². The first-order chi connectivity index (χ1) is 7.41. The maximum atomic E-state index is 8.35. The maximum absolute atomic E-state index is 8.35. The SMILES string of the molecule is CCC#CCC#CCC#CCC#CCO. The van der Waals surface area contributed by atoms with Crippen LogP contribution in [0, 0.1) is 47.4 Å². The predicted molar refractivity (Wildman–Crippen MR) is 62.3 cm³/mol.